The van der Waals surface area contributed by atoms with E-state index in [1.165, 1.54) is 81.9 Å². The Morgan fingerprint density at radius 3 is 2.38 bits per heavy atom. The molecular formula is C24H34F2. The topological polar surface area (TPSA) is 0 Å². The molecular weight excluding hydrogens is 326 g/mol. The Labute approximate surface area is 158 Å². The summed E-state index contributed by atoms with van der Waals surface area (Å²) in [5.74, 6) is 1.34. The summed E-state index contributed by atoms with van der Waals surface area (Å²) in [7, 11) is 0. The molecule has 0 bridgehead atoms. The summed E-state index contributed by atoms with van der Waals surface area (Å²) in [5.41, 5.74) is 2.42. The zero-order valence-corrected chi connectivity index (χ0v) is 16.3. The molecule has 2 aliphatic carbocycles. The SMILES string of the molecule is CCCCC1CCC(C2CC=C(CCc3ccc(F)c(F)c3)CC2)CC1. The highest BCUT2D eigenvalue weighted by Crippen LogP contribution is 2.41. The van der Waals surface area contributed by atoms with Crippen molar-refractivity contribution >= 4 is 0 Å². The Bertz CT molecular complexity index is 596. The monoisotopic (exact) mass is 360 g/mol. The molecule has 0 saturated heterocycles. The molecule has 0 aliphatic heterocycles. The van der Waals surface area contributed by atoms with Crippen LogP contribution in [-0.4, -0.2) is 0 Å². The summed E-state index contributed by atoms with van der Waals surface area (Å²) in [4.78, 5) is 0. The summed E-state index contributed by atoms with van der Waals surface area (Å²) in [6, 6.07) is 4.30. The van der Waals surface area contributed by atoms with Crippen molar-refractivity contribution in [3.05, 3.63) is 47.0 Å². The quantitative estimate of drug-likeness (QED) is 0.439. The van der Waals surface area contributed by atoms with Crippen LogP contribution in [0.5, 0.6) is 0 Å². The van der Waals surface area contributed by atoms with Gasteiger partial charge >= 0.3 is 0 Å². The van der Waals surface area contributed by atoms with E-state index in [9.17, 15) is 8.78 Å². The van der Waals surface area contributed by atoms with Crippen molar-refractivity contribution in [2.24, 2.45) is 17.8 Å². The van der Waals surface area contributed by atoms with Crippen molar-refractivity contribution in [2.75, 3.05) is 0 Å². The second-order valence-corrected chi connectivity index (χ2v) is 8.57. The first-order valence-corrected chi connectivity index (χ1v) is 10.8. The van der Waals surface area contributed by atoms with Crippen molar-refractivity contribution in [2.45, 2.75) is 84.0 Å². The van der Waals surface area contributed by atoms with Gasteiger partial charge in [-0.05, 0) is 80.4 Å². The lowest BCUT2D eigenvalue weighted by atomic mass is 9.70. The number of unbranched alkanes of at least 4 members (excludes halogenated alkanes) is 1. The Morgan fingerprint density at radius 1 is 0.923 bits per heavy atom. The van der Waals surface area contributed by atoms with Gasteiger partial charge in [0.1, 0.15) is 0 Å². The third-order valence-corrected chi connectivity index (χ3v) is 6.79. The van der Waals surface area contributed by atoms with Gasteiger partial charge in [-0.3, -0.25) is 0 Å². The number of hydrogen-bond acceptors (Lipinski definition) is 0. The molecule has 2 heteroatoms. The van der Waals surface area contributed by atoms with Crippen molar-refractivity contribution < 1.29 is 8.78 Å². The van der Waals surface area contributed by atoms with Gasteiger partial charge in [-0.15, -0.1) is 0 Å². The van der Waals surface area contributed by atoms with E-state index in [0.717, 1.165) is 36.2 Å². The van der Waals surface area contributed by atoms with Crippen LogP contribution in [-0.2, 0) is 6.42 Å². The Balaban J connectivity index is 1.41. The molecule has 26 heavy (non-hydrogen) atoms. The lowest BCUT2D eigenvalue weighted by Gasteiger charge is -2.35. The Hall–Kier alpha value is -1.18. The zero-order valence-electron chi connectivity index (χ0n) is 16.3. The van der Waals surface area contributed by atoms with Crippen LogP contribution in [0, 0.1) is 29.4 Å². The largest absolute Gasteiger partial charge is 0.204 e. The molecule has 0 amide bonds. The van der Waals surface area contributed by atoms with Gasteiger partial charge in [0.2, 0.25) is 0 Å². The third-order valence-electron chi connectivity index (χ3n) is 6.79. The first kappa shape index (κ1) is 19.6. The molecule has 1 aromatic rings. The molecule has 0 heterocycles. The van der Waals surface area contributed by atoms with Gasteiger partial charge in [-0.25, -0.2) is 8.78 Å². The van der Waals surface area contributed by atoms with Gasteiger partial charge in [0.05, 0.1) is 0 Å². The van der Waals surface area contributed by atoms with E-state index in [0.29, 0.717) is 0 Å². The standard InChI is InChI=1S/C24H34F2/c1-2-3-4-18-7-12-21(13-8-18)22-14-9-19(10-15-22)5-6-20-11-16-23(25)24(26)17-20/h9,11,16-18,21-22H,2-8,10,12-15H2,1H3. The van der Waals surface area contributed by atoms with Crippen LogP contribution < -0.4 is 0 Å². The van der Waals surface area contributed by atoms with Crippen LogP contribution in [0.2, 0.25) is 0 Å². The maximum atomic E-state index is 13.3. The molecule has 0 N–H and O–H groups in total. The number of benzene rings is 1. The summed E-state index contributed by atoms with van der Waals surface area (Å²) >= 11 is 0. The van der Waals surface area contributed by atoms with Crippen LogP contribution in [0.25, 0.3) is 0 Å². The second kappa shape index (κ2) is 9.67. The minimum atomic E-state index is -0.752. The van der Waals surface area contributed by atoms with E-state index in [1.54, 1.807) is 6.07 Å². The average Bonchev–Trinajstić information content (AvgIpc) is 2.68. The highest BCUT2D eigenvalue weighted by Gasteiger charge is 2.28. The number of hydrogen-bond donors (Lipinski definition) is 0. The first-order valence-electron chi connectivity index (χ1n) is 10.8. The van der Waals surface area contributed by atoms with Crippen LogP contribution in [0.3, 0.4) is 0 Å². The van der Waals surface area contributed by atoms with Gasteiger partial charge in [0, 0.05) is 0 Å². The van der Waals surface area contributed by atoms with Crippen molar-refractivity contribution in [3.63, 3.8) is 0 Å². The number of aryl methyl sites for hydroxylation is 1. The summed E-state index contributed by atoms with van der Waals surface area (Å²) < 4.78 is 26.3. The predicted molar refractivity (Wildman–Crippen MR) is 105 cm³/mol. The third kappa shape index (κ3) is 5.41. The van der Waals surface area contributed by atoms with Crippen molar-refractivity contribution in [1.82, 2.24) is 0 Å². The number of halogens is 2. The Kier molecular flexibility index (Phi) is 7.28. The molecule has 1 unspecified atom stereocenters. The van der Waals surface area contributed by atoms with Gasteiger partial charge in [0.25, 0.3) is 0 Å². The molecule has 0 radical (unpaired) electrons. The fourth-order valence-electron chi connectivity index (χ4n) is 5.01. The van der Waals surface area contributed by atoms with E-state index in [1.807, 2.05) is 0 Å². The van der Waals surface area contributed by atoms with Crippen LogP contribution in [0.15, 0.2) is 29.8 Å². The van der Waals surface area contributed by atoms with E-state index in [2.05, 4.69) is 13.0 Å². The molecule has 1 saturated carbocycles. The van der Waals surface area contributed by atoms with E-state index >= 15 is 0 Å². The lowest BCUT2D eigenvalue weighted by Crippen LogP contribution is -2.23. The molecule has 0 aromatic heterocycles. The summed E-state index contributed by atoms with van der Waals surface area (Å²) in [5, 5.41) is 0. The molecule has 3 rings (SSSR count). The molecule has 144 valence electrons. The van der Waals surface area contributed by atoms with Crippen molar-refractivity contribution in [1.29, 1.82) is 0 Å². The highest BCUT2D eigenvalue weighted by atomic mass is 19.2. The Morgan fingerprint density at radius 2 is 1.73 bits per heavy atom. The van der Waals surface area contributed by atoms with Gasteiger partial charge < -0.3 is 0 Å². The van der Waals surface area contributed by atoms with Crippen molar-refractivity contribution in [3.8, 4) is 0 Å². The number of rotatable bonds is 7. The maximum Gasteiger partial charge on any atom is 0.159 e. The van der Waals surface area contributed by atoms with Crippen LogP contribution in [0.4, 0.5) is 8.78 Å². The van der Waals surface area contributed by atoms with Crippen LogP contribution in [0.1, 0.15) is 83.1 Å². The minimum absolute atomic E-state index is 0.727. The number of allylic oxidation sites excluding steroid dienone is 2. The first-order chi connectivity index (χ1) is 12.7. The predicted octanol–water partition coefficient (Wildman–Crippen LogP) is 7.62. The zero-order chi connectivity index (χ0) is 18.4. The molecule has 0 spiro atoms. The van der Waals surface area contributed by atoms with E-state index in [4.69, 9.17) is 0 Å². The smallest absolute Gasteiger partial charge is 0.159 e. The van der Waals surface area contributed by atoms with Gasteiger partial charge in [-0.1, -0.05) is 56.7 Å². The highest BCUT2D eigenvalue weighted by molar-refractivity contribution is 5.20. The summed E-state index contributed by atoms with van der Waals surface area (Å²) in [6.07, 6.45) is 18.0. The van der Waals surface area contributed by atoms with Crippen LogP contribution >= 0.6 is 0 Å². The fourth-order valence-corrected chi connectivity index (χ4v) is 5.01. The van der Waals surface area contributed by atoms with Gasteiger partial charge in [0.15, 0.2) is 11.6 Å². The molecule has 1 atom stereocenters. The molecule has 1 fully saturated rings. The second-order valence-electron chi connectivity index (χ2n) is 8.57. The average molecular weight is 361 g/mol. The molecule has 2 aliphatic rings. The summed E-state index contributed by atoms with van der Waals surface area (Å²) in [6.45, 7) is 2.30. The molecule has 1 aromatic carbocycles. The van der Waals surface area contributed by atoms with Gasteiger partial charge in [-0.2, -0.15) is 0 Å². The van der Waals surface area contributed by atoms with E-state index in [-0.39, 0.29) is 0 Å². The lowest BCUT2D eigenvalue weighted by molar-refractivity contribution is 0.185. The fraction of sp³-hybridized carbons (Fsp3) is 0.667. The minimum Gasteiger partial charge on any atom is -0.204 e. The van der Waals surface area contributed by atoms with E-state index < -0.39 is 11.6 Å². The molecule has 0 nitrogen and oxygen atoms in total. The maximum absolute atomic E-state index is 13.3. The normalized spacial score (nSPS) is 26.6.